The Morgan fingerprint density at radius 3 is 2.55 bits per heavy atom. The van der Waals surface area contributed by atoms with Crippen molar-refractivity contribution in [3.63, 3.8) is 0 Å². The van der Waals surface area contributed by atoms with E-state index >= 15 is 0 Å². The summed E-state index contributed by atoms with van der Waals surface area (Å²) in [6, 6.07) is 22.0. The van der Waals surface area contributed by atoms with E-state index in [4.69, 9.17) is 12.2 Å². The van der Waals surface area contributed by atoms with E-state index in [-0.39, 0.29) is 11.0 Å². The van der Waals surface area contributed by atoms with Gasteiger partial charge in [0.2, 0.25) is 11.0 Å². The minimum atomic E-state index is 0.0698. The molecule has 2 N–H and O–H groups in total. The van der Waals surface area contributed by atoms with Gasteiger partial charge in [-0.1, -0.05) is 54.1 Å². The number of azo groups is 1. The second kappa shape index (κ2) is 8.70. The largest absolute Gasteiger partial charge is 0.493 e. The van der Waals surface area contributed by atoms with Gasteiger partial charge in [-0.3, -0.25) is 0 Å². The molecule has 4 aromatic rings. The average molecular weight is 429 g/mol. The average Bonchev–Trinajstić information content (AvgIpc) is 3.00. The summed E-state index contributed by atoms with van der Waals surface area (Å²) in [6.07, 6.45) is 0. The lowest BCUT2D eigenvalue weighted by Gasteiger charge is -2.08. The molecule has 1 heterocycles. The number of anilines is 1. The van der Waals surface area contributed by atoms with Crippen molar-refractivity contribution in [3.05, 3.63) is 89.0 Å². The zero-order valence-corrected chi connectivity index (χ0v) is 18.6. The monoisotopic (exact) mass is 428 g/mol. The maximum Gasteiger partial charge on any atom is 0.221 e. The van der Waals surface area contributed by atoms with E-state index in [0.29, 0.717) is 12.2 Å². The number of aromatic nitrogens is 1. The molecule has 0 bridgehead atoms. The van der Waals surface area contributed by atoms with Crippen LogP contribution in [0, 0.1) is 20.8 Å². The van der Waals surface area contributed by atoms with Crippen molar-refractivity contribution in [2.75, 3.05) is 5.32 Å². The highest BCUT2D eigenvalue weighted by molar-refractivity contribution is 7.80. The van der Waals surface area contributed by atoms with E-state index in [2.05, 4.69) is 41.5 Å². The fourth-order valence-corrected chi connectivity index (χ4v) is 3.75. The van der Waals surface area contributed by atoms with Gasteiger partial charge in [0, 0.05) is 11.1 Å². The highest BCUT2D eigenvalue weighted by atomic mass is 32.1. The minimum absolute atomic E-state index is 0.0698. The van der Waals surface area contributed by atoms with Gasteiger partial charge in [0.05, 0.1) is 12.1 Å². The summed E-state index contributed by atoms with van der Waals surface area (Å²) in [7, 11) is 0. The van der Waals surface area contributed by atoms with Gasteiger partial charge >= 0.3 is 0 Å². The molecule has 6 heteroatoms. The zero-order chi connectivity index (χ0) is 22.0. The van der Waals surface area contributed by atoms with Crippen LogP contribution in [0.2, 0.25) is 0 Å². The Balaban J connectivity index is 1.63. The van der Waals surface area contributed by atoms with E-state index in [9.17, 15) is 5.11 Å². The number of thiocarbonyl (C=S) groups is 1. The number of aryl methyl sites for hydroxylation is 3. The van der Waals surface area contributed by atoms with Crippen molar-refractivity contribution in [3.8, 4) is 5.88 Å². The first-order valence-corrected chi connectivity index (χ1v) is 10.5. The Labute approximate surface area is 187 Å². The molecular formula is C25H24N4OS. The van der Waals surface area contributed by atoms with Crippen molar-refractivity contribution in [2.45, 2.75) is 27.3 Å². The Bertz CT molecular complexity index is 1310. The third kappa shape index (κ3) is 4.49. The second-order valence-corrected chi connectivity index (χ2v) is 8.08. The molecule has 0 spiro atoms. The number of rotatable bonds is 4. The van der Waals surface area contributed by atoms with Gasteiger partial charge in [-0.05, 0) is 67.9 Å². The van der Waals surface area contributed by atoms with Crippen LogP contribution in [0.15, 0.2) is 77.0 Å². The van der Waals surface area contributed by atoms with Gasteiger partial charge in [0.1, 0.15) is 0 Å². The van der Waals surface area contributed by atoms with Crippen molar-refractivity contribution < 1.29 is 5.11 Å². The van der Waals surface area contributed by atoms with Crippen LogP contribution in [0.5, 0.6) is 5.88 Å². The molecule has 1 aromatic heterocycles. The van der Waals surface area contributed by atoms with Gasteiger partial charge in [-0.15, -0.1) is 10.2 Å². The third-order valence-corrected chi connectivity index (χ3v) is 5.52. The molecule has 0 atom stereocenters. The Kier molecular flexibility index (Phi) is 5.82. The van der Waals surface area contributed by atoms with Crippen LogP contribution in [0.4, 0.5) is 11.4 Å². The van der Waals surface area contributed by atoms with E-state index in [1.54, 1.807) is 0 Å². The first-order chi connectivity index (χ1) is 14.9. The molecule has 156 valence electrons. The van der Waals surface area contributed by atoms with Crippen LogP contribution in [0.1, 0.15) is 22.3 Å². The van der Waals surface area contributed by atoms with Crippen LogP contribution in [0.25, 0.3) is 10.9 Å². The number of nitrogens with zero attached hydrogens (tertiary/aromatic N) is 3. The van der Waals surface area contributed by atoms with Crippen molar-refractivity contribution in [2.24, 2.45) is 10.2 Å². The Hall–Kier alpha value is -3.51. The molecule has 0 aliphatic carbocycles. The van der Waals surface area contributed by atoms with Gasteiger partial charge in [0.15, 0.2) is 5.69 Å². The number of aromatic hydroxyl groups is 1. The molecule has 0 saturated heterocycles. The van der Waals surface area contributed by atoms with Crippen LogP contribution < -0.4 is 5.32 Å². The molecule has 4 rings (SSSR count). The van der Waals surface area contributed by atoms with Gasteiger partial charge in [0.25, 0.3) is 0 Å². The first kappa shape index (κ1) is 20.8. The molecule has 0 radical (unpaired) electrons. The maximum absolute atomic E-state index is 11.0. The summed E-state index contributed by atoms with van der Waals surface area (Å²) >= 11 is 5.34. The Morgan fingerprint density at radius 1 is 0.968 bits per heavy atom. The SMILES string of the molecule is Cc1cccc(Cn2c(O)c(N=NC(=S)Nc3ccc(C)c(C)c3)c3ccccc32)c1. The molecule has 3 aromatic carbocycles. The first-order valence-electron chi connectivity index (χ1n) is 10.1. The second-order valence-electron chi connectivity index (χ2n) is 7.69. The molecular weight excluding hydrogens is 404 g/mol. The van der Waals surface area contributed by atoms with Crippen LogP contribution in [-0.2, 0) is 6.54 Å². The summed E-state index contributed by atoms with van der Waals surface area (Å²) in [5.41, 5.74) is 6.82. The highest BCUT2D eigenvalue weighted by Crippen LogP contribution is 2.39. The third-order valence-electron chi connectivity index (χ3n) is 5.34. The summed E-state index contributed by atoms with van der Waals surface area (Å²) in [5, 5.41) is 23.6. The van der Waals surface area contributed by atoms with Crippen LogP contribution >= 0.6 is 12.2 Å². The lowest BCUT2D eigenvalue weighted by Crippen LogP contribution is -2.05. The van der Waals surface area contributed by atoms with Crippen molar-refractivity contribution in [1.82, 2.24) is 4.57 Å². The smallest absolute Gasteiger partial charge is 0.221 e. The van der Waals surface area contributed by atoms with Crippen LogP contribution in [0.3, 0.4) is 0 Å². The minimum Gasteiger partial charge on any atom is -0.493 e. The topological polar surface area (TPSA) is 61.9 Å². The fourth-order valence-electron chi connectivity index (χ4n) is 3.59. The van der Waals surface area contributed by atoms with Crippen molar-refractivity contribution in [1.29, 1.82) is 0 Å². The number of benzene rings is 3. The summed E-state index contributed by atoms with van der Waals surface area (Å²) in [6.45, 7) is 6.70. The zero-order valence-electron chi connectivity index (χ0n) is 17.8. The molecule has 0 aliphatic rings. The molecule has 0 fully saturated rings. The summed E-state index contributed by atoms with van der Waals surface area (Å²) < 4.78 is 1.85. The van der Waals surface area contributed by atoms with Crippen molar-refractivity contribution >= 4 is 39.6 Å². The van der Waals surface area contributed by atoms with E-state index < -0.39 is 0 Å². The fraction of sp³-hybridized carbons (Fsp3) is 0.160. The van der Waals surface area contributed by atoms with E-state index in [1.807, 2.05) is 66.1 Å². The lowest BCUT2D eigenvalue weighted by molar-refractivity contribution is 0.429. The predicted octanol–water partition coefficient (Wildman–Crippen LogP) is 6.80. The van der Waals surface area contributed by atoms with Gasteiger partial charge < -0.3 is 15.0 Å². The van der Waals surface area contributed by atoms with Gasteiger partial charge in [-0.25, -0.2) is 0 Å². The number of hydrogen-bond donors (Lipinski definition) is 2. The number of nitrogens with one attached hydrogen (secondary N) is 1. The van der Waals surface area contributed by atoms with Crippen LogP contribution in [-0.4, -0.2) is 14.8 Å². The number of hydrogen-bond acceptors (Lipinski definition) is 3. The maximum atomic E-state index is 11.0. The standard InChI is InChI=1S/C25H24N4OS/c1-16-7-6-8-19(13-16)15-29-22-10-5-4-9-21(22)23(24(29)30)27-28-25(31)26-20-12-11-17(2)18(3)14-20/h4-14,30H,15H2,1-3H3,(H,26,31). The molecule has 0 amide bonds. The Morgan fingerprint density at radius 2 is 1.77 bits per heavy atom. The summed E-state index contributed by atoms with van der Waals surface area (Å²) in [5.74, 6) is 0.0698. The molecule has 0 saturated carbocycles. The quantitative estimate of drug-likeness (QED) is 0.277. The number of fused-ring (bicyclic) bond motifs is 1. The van der Waals surface area contributed by atoms with Gasteiger partial charge in [-0.2, -0.15) is 0 Å². The molecule has 0 unspecified atom stereocenters. The van der Waals surface area contributed by atoms with E-state index in [0.717, 1.165) is 22.2 Å². The summed E-state index contributed by atoms with van der Waals surface area (Å²) in [4.78, 5) is 0. The molecule has 0 aliphatic heterocycles. The molecule has 5 nitrogen and oxygen atoms in total. The highest BCUT2D eigenvalue weighted by Gasteiger charge is 2.16. The normalized spacial score (nSPS) is 11.3. The molecule has 31 heavy (non-hydrogen) atoms. The number of para-hydroxylation sites is 1. The van der Waals surface area contributed by atoms with E-state index in [1.165, 1.54) is 16.7 Å². The lowest BCUT2D eigenvalue weighted by atomic mass is 10.1. The predicted molar refractivity (Wildman–Crippen MR) is 131 cm³/mol.